The summed E-state index contributed by atoms with van der Waals surface area (Å²) in [6.45, 7) is 0.0830. The molecular formula is C17H13Cl2N3O3. The molecule has 0 radical (unpaired) electrons. The Bertz CT molecular complexity index is 904. The molecule has 0 aromatic heterocycles. The van der Waals surface area contributed by atoms with E-state index in [2.05, 4.69) is 10.6 Å². The van der Waals surface area contributed by atoms with Crippen LogP contribution in [0, 0.1) is 10.1 Å². The molecule has 0 saturated carbocycles. The van der Waals surface area contributed by atoms with E-state index in [4.69, 9.17) is 23.2 Å². The summed E-state index contributed by atoms with van der Waals surface area (Å²) in [4.78, 5) is 24.3. The van der Waals surface area contributed by atoms with Crippen molar-refractivity contribution in [2.75, 3.05) is 11.9 Å². The van der Waals surface area contributed by atoms with Crippen molar-refractivity contribution in [3.05, 3.63) is 73.8 Å². The van der Waals surface area contributed by atoms with Gasteiger partial charge in [0.25, 0.3) is 0 Å². The lowest BCUT2D eigenvalue weighted by atomic mass is 9.75. The lowest BCUT2D eigenvalue weighted by Crippen LogP contribution is -2.47. The van der Waals surface area contributed by atoms with Crippen LogP contribution in [-0.4, -0.2) is 23.4 Å². The van der Waals surface area contributed by atoms with Crippen molar-refractivity contribution in [2.45, 2.75) is 17.5 Å². The fourth-order valence-corrected chi connectivity index (χ4v) is 4.31. The largest absolute Gasteiger partial charge is 0.324 e. The number of benzene rings is 2. The SMILES string of the molecule is O=C1Nc2cc(Cl)ccc2[C@]12NC[C@@H]([N+](=O)[O-])[C@@H]2c1cccc(Cl)c1. The van der Waals surface area contributed by atoms with Crippen molar-refractivity contribution >= 4 is 34.8 Å². The molecule has 128 valence electrons. The molecule has 1 saturated heterocycles. The molecule has 2 aromatic rings. The third-order valence-corrected chi connectivity index (χ3v) is 5.40. The van der Waals surface area contributed by atoms with Crippen molar-refractivity contribution in [1.29, 1.82) is 0 Å². The number of fused-ring (bicyclic) bond motifs is 2. The average Bonchev–Trinajstić information content (AvgIpc) is 3.08. The van der Waals surface area contributed by atoms with Crippen LogP contribution in [-0.2, 0) is 10.3 Å². The van der Waals surface area contributed by atoms with Crippen LogP contribution in [0.5, 0.6) is 0 Å². The van der Waals surface area contributed by atoms with Crippen molar-refractivity contribution < 1.29 is 9.72 Å². The summed E-state index contributed by atoms with van der Waals surface area (Å²) in [5.74, 6) is -1.01. The molecule has 4 rings (SSSR count). The van der Waals surface area contributed by atoms with Gasteiger partial charge in [-0.3, -0.25) is 20.2 Å². The maximum absolute atomic E-state index is 12.9. The van der Waals surface area contributed by atoms with Crippen LogP contribution >= 0.6 is 23.2 Å². The van der Waals surface area contributed by atoms with Crippen molar-refractivity contribution in [1.82, 2.24) is 5.32 Å². The van der Waals surface area contributed by atoms with Gasteiger partial charge in [0.15, 0.2) is 0 Å². The molecule has 0 aliphatic carbocycles. The van der Waals surface area contributed by atoms with Gasteiger partial charge in [-0.15, -0.1) is 0 Å². The summed E-state index contributed by atoms with van der Waals surface area (Å²) in [5.41, 5.74) is 0.664. The number of amides is 1. The molecule has 0 bridgehead atoms. The van der Waals surface area contributed by atoms with Crippen LogP contribution in [0.25, 0.3) is 0 Å². The molecule has 2 aromatic carbocycles. The first kappa shape index (κ1) is 16.3. The zero-order valence-corrected chi connectivity index (χ0v) is 14.3. The minimum absolute atomic E-state index is 0.0830. The summed E-state index contributed by atoms with van der Waals surface area (Å²) in [7, 11) is 0. The zero-order valence-electron chi connectivity index (χ0n) is 12.8. The van der Waals surface area contributed by atoms with E-state index in [1.165, 1.54) is 0 Å². The van der Waals surface area contributed by atoms with Gasteiger partial charge in [0, 0.05) is 26.2 Å². The Kier molecular flexibility index (Phi) is 3.72. The van der Waals surface area contributed by atoms with Crippen LogP contribution in [0.2, 0.25) is 10.0 Å². The van der Waals surface area contributed by atoms with Crippen molar-refractivity contribution in [3.63, 3.8) is 0 Å². The Morgan fingerprint density at radius 1 is 1.16 bits per heavy atom. The van der Waals surface area contributed by atoms with Crippen LogP contribution in [0.1, 0.15) is 17.0 Å². The van der Waals surface area contributed by atoms with E-state index in [-0.39, 0.29) is 17.4 Å². The molecule has 2 aliphatic heterocycles. The fraction of sp³-hybridized carbons (Fsp3) is 0.235. The maximum atomic E-state index is 12.9. The molecule has 2 N–H and O–H groups in total. The number of nitrogens with zero attached hydrogens (tertiary/aromatic N) is 1. The average molecular weight is 378 g/mol. The number of nitrogens with one attached hydrogen (secondary N) is 2. The number of hydrogen-bond donors (Lipinski definition) is 2. The van der Waals surface area contributed by atoms with Crippen LogP contribution in [0.4, 0.5) is 5.69 Å². The standard InChI is InChI=1S/C17H13Cl2N3O3/c18-10-3-1-2-9(6-10)15-14(22(24)25)8-20-17(15)12-5-4-11(19)7-13(12)21-16(17)23/h1-7,14-15,20H,8H2,(H,21,23)/t14-,15+,17-/m1/s1. The lowest BCUT2D eigenvalue weighted by Gasteiger charge is -2.29. The highest BCUT2D eigenvalue weighted by molar-refractivity contribution is 6.31. The summed E-state index contributed by atoms with van der Waals surface area (Å²) in [6, 6.07) is 11.0. The smallest absolute Gasteiger partial charge is 0.250 e. The second-order valence-electron chi connectivity index (χ2n) is 6.22. The van der Waals surface area contributed by atoms with E-state index in [0.717, 1.165) is 0 Å². The first-order chi connectivity index (χ1) is 11.9. The van der Waals surface area contributed by atoms with Gasteiger partial charge in [-0.25, -0.2) is 0 Å². The quantitative estimate of drug-likeness (QED) is 0.621. The second-order valence-corrected chi connectivity index (χ2v) is 7.09. The first-order valence-electron chi connectivity index (χ1n) is 7.69. The Balaban J connectivity index is 1.94. The van der Waals surface area contributed by atoms with E-state index in [1.54, 1.807) is 42.5 Å². The molecular weight excluding hydrogens is 365 g/mol. The van der Waals surface area contributed by atoms with E-state index in [9.17, 15) is 14.9 Å². The van der Waals surface area contributed by atoms with E-state index in [1.807, 2.05) is 0 Å². The van der Waals surface area contributed by atoms with Gasteiger partial charge >= 0.3 is 0 Å². The van der Waals surface area contributed by atoms with Gasteiger partial charge in [-0.2, -0.15) is 0 Å². The second kappa shape index (κ2) is 5.69. The van der Waals surface area contributed by atoms with E-state index < -0.39 is 17.5 Å². The number of halogens is 2. The minimum atomic E-state index is -1.22. The predicted molar refractivity (Wildman–Crippen MR) is 94.7 cm³/mol. The molecule has 0 unspecified atom stereocenters. The predicted octanol–water partition coefficient (Wildman–Crippen LogP) is 3.17. The first-order valence-corrected chi connectivity index (χ1v) is 8.44. The lowest BCUT2D eigenvalue weighted by molar-refractivity contribution is -0.521. The maximum Gasteiger partial charge on any atom is 0.250 e. The minimum Gasteiger partial charge on any atom is -0.324 e. The topological polar surface area (TPSA) is 84.3 Å². The highest BCUT2D eigenvalue weighted by atomic mass is 35.5. The number of rotatable bonds is 2. The van der Waals surface area contributed by atoms with Gasteiger partial charge < -0.3 is 5.32 Å². The van der Waals surface area contributed by atoms with Gasteiger partial charge in [0.1, 0.15) is 5.54 Å². The number of anilines is 1. The molecule has 2 heterocycles. The molecule has 2 aliphatic rings. The molecule has 1 amide bonds. The van der Waals surface area contributed by atoms with Gasteiger partial charge in [-0.1, -0.05) is 41.4 Å². The van der Waals surface area contributed by atoms with Crippen LogP contribution in [0.15, 0.2) is 42.5 Å². The number of nitro groups is 1. The summed E-state index contributed by atoms with van der Waals surface area (Å²) >= 11 is 12.1. The van der Waals surface area contributed by atoms with Gasteiger partial charge in [0.05, 0.1) is 12.5 Å². The molecule has 1 fully saturated rings. The fourth-order valence-electron chi connectivity index (χ4n) is 3.94. The third-order valence-electron chi connectivity index (χ3n) is 4.93. The molecule has 25 heavy (non-hydrogen) atoms. The Hall–Kier alpha value is -2.15. The normalized spacial score (nSPS) is 27.4. The Morgan fingerprint density at radius 3 is 2.64 bits per heavy atom. The highest BCUT2D eigenvalue weighted by Gasteiger charge is 2.62. The van der Waals surface area contributed by atoms with Crippen LogP contribution in [0.3, 0.4) is 0 Å². The molecule has 1 spiro atoms. The molecule has 8 heteroatoms. The monoisotopic (exact) mass is 377 g/mol. The van der Waals surface area contributed by atoms with Crippen LogP contribution < -0.4 is 10.6 Å². The Morgan fingerprint density at radius 2 is 1.92 bits per heavy atom. The van der Waals surface area contributed by atoms with Gasteiger partial charge in [0.2, 0.25) is 11.9 Å². The highest BCUT2D eigenvalue weighted by Crippen LogP contribution is 2.51. The number of carbonyl (C=O) groups excluding carboxylic acids is 1. The molecule has 6 nitrogen and oxygen atoms in total. The number of hydrogen-bond acceptors (Lipinski definition) is 4. The zero-order chi connectivity index (χ0) is 17.8. The summed E-state index contributed by atoms with van der Waals surface area (Å²) in [5, 5.41) is 18.5. The van der Waals surface area contributed by atoms with E-state index in [0.29, 0.717) is 26.9 Å². The van der Waals surface area contributed by atoms with Crippen molar-refractivity contribution in [3.8, 4) is 0 Å². The molecule has 3 atom stereocenters. The van der Waals surface area contributed by atoms with Gasteiger partial charge in [-0.05, 0) is 29.8 Å². The number of carbonyl (C=O) groups is 1. The summed E-state index contributed by atoms with van der Waals surface area (Å²) in [6.07, 6.45) is 0. The Labute approximate surface area is 153 Å². The van der Waals surface area contributed by atoms with Crippen molar-refractivity contribution in [2.24, 2.45) is 0 Å². The summed E-state index contributed by atoms with van der Waals surface area (Å²) < 4.78 is 0. The third kappa shape index (κ3) is 2.33. The van der Waals surface area contributed by atoms with E-state index >= 15 is 0 Å².